The first-order valence-corrected chi connectivity index (χ1v) is 16.8. The van der Waals surface area contributed by atoms with Gasteiger partial charge in [0, 0.05) is 6.42 Å². The third-order valence-corrected chi connectivity index (χ3v) is 7.72. The van der Waals surface area contributed by atoms with Gasteiger partial charge in [0.1, 0.15) is 6.10 Å². The van der Waals surface area contributed by atoms with Crippen LogP contribution in [0, 0.1) is 5.92 Å². The molecule has 1 unspecified atom stereocenters. The Balaban J connectivity index is 3.73. The molecule has 0 heterocycles. The Labute approximate surface area is 228 Å². The molecule has 0 aromatic heterocycles. The van der Waals surface area contributed by atoms with Crippen molar-refractivity contribution in [3.8, 4) is 0 Å². The molecule has 0 aromatic rings. The van der Waals surface area contributed by atoms with Gasteiger partial charge >= 0.3 is 5.97 Å². The van der Waals surface area contributed by atoms with E-state index in [1.54, 1.807) is 0 Å². The van der Waals surface area contributed by atoms with Gasteiger partial charge in [0.15, 0.2) is 0 Å². The molecule has 0 amide bonds. The number of unbranched alkanes of at least 4 members (excludes halogenated alkanes) is 20. The molecule has 0 aromatic carbocycles. The first-order valence-electron chi connectivity index (χ1n) is 16.8. The van der Waals surface area contributed by atoms with E-state index in [4.69, 9.17) is 4.74 Å². The molecule has 0 radical (unpaired) electrons. The summed E-state index contributed by atoms with van der Waals surface area (Å²) in [5.74, 6) is 0.794. The van der Waals surface area contributed by atoms with Gasteiger partial charge in [-0.25, -0.2) is 0 Å². The highest BCUT2D eigenvalue weighted by Gasteiger charge is 2.14. The molecule has 0 N–H and O–H groups in total. The van der Waals surface area contributed by atoms with Crippen LogP contribution >= 0.6 is 0 Å². The monoisotopic (exact) mass is 509 g/mol. The fourth-order valence-corrected chi connectivity index (χ4v) is 5.23. The van der Waals surface area contributed by atoms with E-state index in [-0.39, 0.29) is 12.1 Å². The molecular weight excluding hydrogens is 440 g/mol. The number of esters is 1. The second-order valence-corrected chi connectivity index (χ2v) is 12.0. The lowest BCUT2D eigenvalue weighted by molar-refractivity contribution is -0.150. The molecular formula is C34H68O2. The Morgan fingerprint density at radius 3 is 1.25 bits per heavy atom. The summed E-state index contributed by atoms with van der Waals surface area (Å²) in [6.45, 7) is 9.13. The Bertz CT molecular complexity index is 431. The molecule has 0 saturated carbocycles. The molecule has 0 aliphatic heterocycles. The van der Waals surface area contributed by atoms with Gasteiger partial charge in [-0.2, -0.15) is 0 Å². The molecule has 0 bridgehead atoms. The molecule has 216 valence electrons. The highest BCUT2D eigenvalue weighted by Crippen LogP contribution is 2.19. The van der Waals surface area contributed by atoms with Gasteiger partial charge < -0.3 is 4.74 Å². The SMILES string of the molecule is CCCCCCCCCCCCCCCCCC(=O)OC(CCCCCCCCC)CCCC(C)C. The minimum Gasteiger partial charge on any atom is -0.462 e. The molecule has 36 heavy (non-hydrogen) atoms. The molecule has 0 rings (SSSR count). The van der Waals surface area contributed by atoms with Gasteiger partial charge in [0.05, 0.1) is 0 Å². The van der Waals surface area contributed by atoms with Crippen LogP contribution in [0.1, 0.15) is 201 Å². The fourth-order valence-electron chi connectivity index (χ4n) is 5.23. The second-order valence-electron chi connectivity index (χ2n) is 12.0. The predicted molar refractivity (Wildman–Crippen MR) is 161 cm³/mol. The van der Waals surface area contributed by atoms with Gasteiger partial charge in [-0.1, -0.05) is 163 Å². The summed E-state index contributed by atoms with van der Waals surface area (Å²) < 4.78 is 5.96. The number of ether oxygens (including phenoxy) is 1. The summed E-state index contributed by atoms with van der Waals surface area (Å²) in [6.07, 6.45) is 35.0. The van der Waals surface area contributed by atoms with Crippen molar-refractivity contribution in [2.45, 2.75) is 207 Å². The van der Waals surface area contributed by atoms with Crippen molar-refractivity contribution >= 4 is 5.97 Å². The highest BCUT2D eigenvalue weighted by molar-refractivity contribution is 5.69. The van der Waals surface area contributed by atoms with Crippen LogP contribution in [0.5, 0.6) is 0 Å². The first kappa shape index (κ1) is 35.5. The minimum absolute atomic E-state index is 0.0576. The lowest BCUT2D eigenvalue weighted by Crippen LogP contribution is -2.18. The largest absolute Gasteiger partial charge is 0.462 e. The van der Waals surface area contributed by atoms with E-state index >= 15 is 0 Å². The molecule has 0 aliphatic rings. The van der Waals surface area contributed by atoms with E-state index in [0.29, 0.717) is 6.42 Å². The summed E-state index contributed by atoms with van der Waals surface area (Å²) in [5.41, 5.74) is 0. The summed E-state index contributed by atoms with van der Waals surface area (Å²) in [5, 5.41) is 0. The number of hydrogen-bond acceptors (Lipinski definition) is 2. The number of hydrogen-bond donors (Lipinski definition) is 0. The van der Waals surface area contributed by atoms with Crippen LogP contribution in [0.4, 0.5) is 0 Å². The zero-order valence-electron chi connectivity index (χ0n) is 25.6. The van der Waals surface area contributed by atoms with Crippen LogP contribution in [0.25, 0.3) is 0 Å². The maximum Gasteiger partial charge on any atom is 0.306 e. The summed E-state index contributed by atoms with van der Waals surface area (Å²) in [7, 11) is 0. The van der Waals surface area contributed by atoms with Crippen molar-refractivity contribution in [2.75, 3.05) is 0 Å². The standard InChI is InChI=1S/C34H68O2/c1-5-7-9-11-13-14-15-16-17-18-19-20-22-24-26-31-34(35)36-33(30-27-28-32(3)4)29-25-23-21-12-10-8-6-2/h32-33H,5-31H2,1-4H3. The van der Waals surface area contributed by atoms with Gasteiger partial charge in [0.2, 0.25) is 0 Å². The number of carbonyl (C=O) groups excluding carboxylic acids is 1. The van der Waals surface area contributed by atoms with Gasteiger partial charge in [-0.05, 0) is 38.0 Å². The van der Waals surface area contributed by atoms with Crippen LogP contribution in [0.3, 0.4) is 0 Å². The highest BCUT2D eigenvalue weighted by atomic mass is 16.5. The zero-order valence-corrected chi connectivity index (χ0v) is 25.6. The van der Waals surface area contributed by atoms with Crippen molar-refractivity contribution in [1.29, 1.82) is 0 Å². The molecule has 1 atom stereocenters. The molecule has 0 spiro atoms. The predicted octanol–water partition coefficient (Wildman–Crippen LogP) is 12.1. The van der Waals surface area contributed by atoms with Crippen LogP contribution in [-0.4, -0.2) is 12.1 Å². The van der Waals surface area contributed by atoms with E-state index in [1.807, 2.05) is 0 Å². The van der Waals surface area contributed by atoms with E-state index < -0.39 is 0 Å². The number of carbonyl (C=O) groups is 1. The number of rotatable bonds is 29. The smallest absolute Gasteiger partial charge is 0.306 e. The van der Waals surface area contributed by atoms with Crippen molar-refractivity contribution in [3.05, 3.63) is 0 Å². The molecule has 0 aliphatic carbocycles. The Morgan fingerprint density at radius 1 is 0.472 bits per heavy atom. The van der Waals surface area contributed by atoms with E-state index in [0.717, 1.165) is 25.2 Å². The zero-order chi connectivity index (χ0) is 26.5. The second kappa shape index (κ2) is 29.0. The van der Waals surface area contributed by atoms with E-state index in [1.165, 1.54) is 148 Å². The molecule has 2 nitrogen and oxygen atoms in total. The van der Waals surface area contributed by atoms with Crippen LogP contribution in [0.2, 0.25) is 0 Å². The average Bonchev–Trinajstić information content (AvgIpc) is 2.85. The minimum atomic E-state index is 0.0576. The van der Waals surface area contributed by atoms with Crippen molar-refractivity contribution < 1.29 is 9.53 Å². The van der Waals surface area contributed by atoms with Gasteiger partial charge in [-0.3, -0.25) is 4.79 Å². The normalized spacial score (nSPS) is 12.4. The van der Waals surface area contributed by atoms with E-state index in [9.17, 15) is 4.79 Å². The van der Waals surface area contributed by atoms with Gasteiger partial charge in [-0.15, -0.1) is 0 Å². The topological polar surface area (TPSA) is 26.3 Å². The Hall–Kier alpha value is -0.530. The quantitative estimate of drug-likeness (QED) is 0.0741. The summed E-state index contributed by atoms with van der Waals surface area (Å²) in [4.78, 5) is 12.5. The van der Waals surface area contributed by atoms with Crippen LogP contribution in [-0.2, 0) is 9.53 Å². The van der Waals surface area contributed by atoms with E-state index in [2.05, 4.69) is 27.7 Å². The Morgan fingerprint density at radius 2 is 0.833 bits per heavy atom. The maximum atomic E-state index is 12.5. The molecule has 0 fully saturated rings. The van der Waals surface area contributed by atoms with Gasteiger partial charge in [0.25, 0.3) is 0 Å². The lowest BCUT2D eigenvalue weighted by atomic mass is 10.00. The van der Waals surface area contributed by atoms with Crippen molar-refractivity contribution in [3.63, 3.8) is 0 Å². The van der Waals surface area contributed by atoms with Crippen LogP contribution in [0.15, 0.2) is 0 Å². The molecule has 0 saturated heterocycles. The fraction of sp³-hybridized carbons (Fsp3) is 0.971. The first-order chi connectivity index (χ1) is 17.6. The summed E-state index contributed by atoms with van der Waals surface area (Å²) in [6, 6.07) is 0. The van der Waals surface area contributed by atoms with Crippen molar-refractivity contribution in [2.24, 2.45) is 5.92 Å². The Kier molecular flexibility index (Phi) is 28.6. The van der Waals surface area contributed by atoms with Crippen LogP contribution < -0.4 is 0 Å². The average molecular weight is 509 g/mol. The summed E-state index contributed by atoms with van der Waals surface area (Å²) >= 11 is 0. The molecule has 2 heteroatoms. The lowest BCUT2D eigenvalue weighted by Gasteiger charge is -2.18. The maximum absolute atomic E-state index is 12.5. The third kappa shape index (κ3) is 28.0. The third-order valence-electron chi connectivity index (χ3n) is 7.72. The van der Waals surface area contributed by atoms with Crippen molar-refractivity contribution in [1.82, 2.24) is 0 Å².